The number of rotatable bonds is 1. The zero-order valence-electron chi connectivity index (χ0n) is 9.58. The van der Waals surface area contributed by atoms with Crippen molar-refractivity contribution < 1.29 is 4.79 Å². The van der Waals surface area contributed by atoms with Crippen molar-refractivity contribution in [3.8, 4) is 0 Å². The predicted octanol–water partition coefficient (Wildman–Crippen LogP) is 4.73. The van der Waals surface area contributed by atoms with E-state index < -0.39 is 5.92 Å². The number of nitrogens with one attached hydrogen (secondary N) is 1. The summed E-state index contributed by atoms with van der Waals surface area (Å²) in [5.74, 6) is -0.529. The van der Waals surface area contributed by atoms with Crippen LogP contribution < -0.4 is 5.32 Å². The van der Waals surface area contributed by atoms with Gasteiger partial charge in [0.2, 0.25) is 5.91 Å². The Labute approximate surface area is 125 Å². The molecule has 1 atom stereocenters. The first-order valence-corrected chi connectivity index (χ1v) is 6.75. The van der Waals surface area contributed by atoms with Crippen molar-refractivity contribution in [2.45, 2.75) is 5.92 Å². The van der Waals surface area contributed by atoms with Crippen molar-refractivity contribution in [2.24, 2.45) is 0 Å². The molecular weight excluding hydrogens is 305 g/mol. The molecule has 0 aliphatic carbocycles. The van der Waals surface area contributed by atoms with Crippen molar-refractivity contribution in [2.75, 3.05) is 5.32 Å². The molecule has 5 heteroatoms. The zero-order valence-corrected chi connectivity index (χ0v) is 11.9. The van der Waals surface area contributed by atoms with Crippen molar-refractivity contribution in [3.63, 3.8) is 0 Å². The Kier molecular flexibility index (Phi) is 3.17. The monoisotopic (exact) mass is 311 g/mol. The average Bonchev–Trinajstić information content (AvgIpc) is 2.66. The number of hydrogen-bond donors (Lipinski definition) is 1. The van der Waals surface area contributed by atoms with Gasteiger partial charge in [-0.2, -0.15) is 0 Å². The van der Waals surface area contributed by atoms with Gasteiger partial charge in [0.15, 0.2) is 0 Å². The van der Waals surface area contributed by atoms with E-state index >= 15 is 0 Å². The fourth-order valence-corrected chi connectivity index (χ4v) is 3.02. The van der Waals surface area contributed by atoms with Crippen LogP contribution in [-0.4, -0.2) is 5.91 Å². The second kappa shape index (κ2) is 4.71. The Hall–Kier alpha value is -1.22. The molecule has 0 saturated carbocycles. The first-order valence-electron chi connectivity index (χ1n) is 5.61. The van der Waals surface area contributed by atoms with Gasteiger partial charge in [0, 0.05) is 26.3 Å². The van der Waals surface area contributed by atoms with Crippen LogP contribution in [0.3, 0.4) is 0 Å². The molecule has 2 aromatic rings. The lowest BCUT2D eigenvalue weighted by molar-refractivity contribution is -0.116. The molecule has 3 rings (SSSR count). The lowest BCUT2D eigenvalue weighted by Gasteiger charge is -2.11. The fourth-order valence-electron chi connectivity index (χ4n) is 2.29. The van der Waals surface area contributed by atoms with Gasteiger partial charge in [-0.15, -0.1) is 0 Å². The normalized spacial score (nSPS) is 17.2. The van der Waals surface area contributed by atoms with E-state index in [-0.39, 0.29) is 5.91 Å². The van der Waals surface area contributed by atoms with Crippen LogP contribution in [0, 0.1) is 0 Å². The Balaban J connectivity index is 2.15. The molecule has 0 aromatic heterocycles. The molecule has 0 fully saturated rings. The Bertz CT molecular complexity index is 667. The molecule has 0 radical (unpaired) electrons. The Morgan fingerprint density at radius 1 is 0.947 bits per heavy atom. The minimum atomic E-state index is -0.419. The summed E-state index contributed by atoms with van der Waals surface area (Å²) in [6.07, 6.45) is 0. The first kappa shape index (κ1) is 12.8. The number of halogens is 3. The summed E-state index contributed by atoms with van der Waals surface area (Å²) in [7, 11) is 0. The van der Waals surface area contributed by atoms with E-state index in [0.29, 0.717) is 20.8 Å². The highest BCUT2D eigenvalue weighted by Gasteiger charge is 2.34. The van der Waals surface area contributed by atoms with Gasteiger partial charge in [0.05, 0.1) is 5.92 Å². The maximum atomic E-state index is 12.1. The van der Waals surface area contributed by atoms with E-state index in [1.54, 1.807) is 24.3 Å². The summed E-state index contributed by atoms with van der Waals surface area (Å²) in [6, 6.07) is 10.5. The summed E-state index contributed by atoms with van der Waals surface area (Å²) in [5.41, 5.74) is 2.28. The van der Waals surface area contributed by atoms with Crippen LogP contribution in [0.1, 0.15) is 17.0 Å². The smallest absolute Gasteiger partial charge is 0.236 e. The van der Waals surface area contributed by atoms with E-state index in [9.17, 15) is 4.79 Å². The zero-order chi connectivity index (χ0) is 13.6. The molecular formula is C14H8Cl3NO. The highest BCUT2D eigenvalue weighted by molar-refractivity contribution is 6.36. The van der Waals surface area contributed by atoms with E-state index in [0.717, 1.165) is 11.1 Å². The summed E-state index contributed by atoms with van der Waals surface area (Å²) < 4.78 is 0. The van der Waals surface area contributed by atoms with Crippen LogP contribution in [0.2, 0.25) is 15.1 Å². The standard InChI is InChI=1S/C14H8Cl3NO/c15-8-3-1-7(2-4-8)12-13-10(17)5-9(16)6-11(13)18-14(12)19/h1-6,12H,(H,18,19). The molecule has 2 nitrogen and oxygen atoms in total. The molecule has 1 N–H and O–H groups in total. The number of amides is 1. The van der Waals surface area contributed by atoms with Crippen molar-refractivity contribution in [1.82, 2.24) is 0 Å². The Morgan fingerprint density at radius 2 is 1.63 bits per heavy atom. The van der Waals surface area contributed by atoms with Gasteiger partial charge < -0.3 is 5.32 Å². The van der Waals surface area contributed by atoms with Gasteiger partial charge in [0.25, 0.3) is 0 Å². The molecule has 2 aromatic carbocycles. The molecule has 1 unspecified atom stereocenters. The predicted molar refractivity (Wildman–Crippen MR) is 78.4 cm³/mol. The van der Waals surface area contributed by atoms with Crippen molar-refractivity contribution >= 4 is 46.4 Å². The minimum Gasteiger partial charge on any atom is -0.325 e. The summed E-state index contributed by atoms with van der Waals surface area (Å²) in [6.45, 7) is 0. The molecule has 19 heavy (non-hydrogen) atoms. The number of benzene rings is 2. The summed E-state index contributed by atoms with van der Waals surface area (Å²) in [4.78, 5) is 12.1. The SMILES string of the molecule is O=C1Nc2cc(Cl)cc(Cl)c2C1c1ccc(Cl)cc1. The number of carbonyl (C=O) groups is 1. The van der Waals surface area contributed by atoms with Crippen LogP contribution >= 0.6 is 34.8 Å². The number of anilines is 1. The lowest BCUT2D eigenvalue weighted by atomic mass is 9.92. The van der Waals surface area contributed by atoms with Crippen LogP contribution in [0.4, 0.5) is 5.69 Å². The van der Waals surface area contributed by atoms with E-state index in [4.69, 9.17) is 34.8 Å². The van der Waals surface area contributed by atoms with Crippen LogP contribution in [0.15, 0.2) is 36.4 Å². The van der Waals surface area contributed by atoms with Crippen molar-refractivity contribution in [3.05, 3.63) is 62.6 Å². The van der Waals surface area contributed by atoms with Crippen molar-refractivity contribution in [1.29, 1.82) is 0 Å². The summed E-state index contributed by atoms with van der Waals surface area (Å²) >= 11 is 18.0. The third kappa shape index (κ3) is 2.20. The highest BCUT2D eigenvalue weighted by Crippen LogP contribution is 2.43. The maximum Gasteiger partial charge on any atom is 0.236 e. The minimum absolute atomic E-state index is 0.110. The molecule has 96 valence electrons. The topological polar surface area (TPSA) is 29.1 Å². The molecule has 0 saturated heterocycles. The second-order valence-electron chi connectivity index (χ2n) is 4.32. The van der Waals surface area contributed by atoms with Gasteiger partial charge in [-0.1, -0.05) is 46.9 Å². The molecule has 0 spiro atoms. The quantitative estimate of drug-likeness (QED) is 0.810. The van der Waals surface area contributed by atoms with Gasteiger partial charge >= 0.3 is 0 Å². The van der Waals surface area contributed by atoms with E-state index in [1.807, 2.05) is 12.1 Å². The van der Waals surface area contributed by atoms with Crippen LogP contribution in [0.25, 0.3) is 0 Å². The average molecular weight is 313 g/mol. The van der Waals surface area contributed by atoms with E-state index in [2.05, 4.69) is 5.32 Å². The molecule has 1 amide bonds. The lowest BCUT2D eigenvalue weighted by Crippen LogP contribution is -2.13. The van der Waals surface area contributed by atoms with E-state index in [1.165, 1.54) is 0 Å². The Morgan fingerprint density at radius 3 is 2.32 bits per heavy atom. The largest absolute Gasteiger partial charge is 0.325 e. The van der Waals surface area contributed by atoms with Crippen LogP contribution in [0.5, 0.6) is 0 Å². The van der Waals surface area contributed by atoms with Gasteiger partial charge in [0.1, 0.15) is 0 Å². The molecule has 0 bridgehead atoms. The number of hydrogen-bond acceptors (Lipinski definition) is 1. The summed E-state index contributed by atoms with van der Waals surface area (Å²) in [5, 5.41) is 4.42. The van der Waals surface area contributed by atoms with Gasteiger partial charge in [-0.05, 0) is 29.8 Å². The molecule has 1 aliphatic rings. The molecule has 1 aliphatic heterocycles. The van der Waals surface area contributed by atoms with Gasteiger partial charge in [-0.25, -0.2) is 0 Å². The fraction of sp³-hybridized carbons (Fsp3) is 0.0714. The third-order valence-corrected chi connectivity index (χ3v) is 3.89. The number of fused-ring (bicyclic) bond motifs is 1. The maximum absolute atomic E-state index is 12.1. The first-order chi connectivity index (χ1) is 9.06. The number of carbonyl (C=O) groups excluding carboxylic acids is 1. The van der Waals surface area contributed by atoms with Gasteiger partial charge in [-0.3, -0.25) is 4.79 Å². The molecule has 1 heterocycles. The third-order valence-electron chi connectivity index (χ3n) is 3.11. The van der Waals surface area contributed by atoms with Crippen LogP contribution in [-0.2, 0) is 4.79 Å². The second-order valence-corrected chi connectivity index (χ2v) is 5.60. The highest BCUT2D eigenvalue weighted by atomic mass is 35.5.